The quantitative estimate of drug-likeness (QED) is 0.847. The summed E-state index contributed by atoms with van der Waals surface area (Å²) in [5.74, 6) is -0.296. The van der Waals surface area contributed by atoms with Crippen molar-refractivity contribution in [1.29, 1.82) is 0 Å². The maximum atomic E-state index is 12.4. The highest BCUT2D eigenvalue weighted by molar-refractivity contribution is 6.37. The van der Waals surface area contributed by atoms with Gasteiger partial charge in [-0.25, -0.2) is 0 Å². The fraction of sp³-hybridized carbons (Fsp3) is 0.133. The van der Waals surface area contributed by atoms with E-state index in [0.29, 0.717) is 17.0 Å². The number of halogens is 2. The van der Waals surface area contributed by atoms with Gasteiger partial charge in [-0.05, 0) is 36.2 Å². The Kier molecular flexibility index (Phi) is 4.13. The van der Waals surface area contributed by atoms with Crippen LogP contribution in [0.5, 0.6) is 5.75 Å². The Labute approximate surface area is 121 Å². The van der Waals surface area contributed by atoms with E-state index in [1.54, 1.807) is 30.3 Å². The van der Waals surface area contributed by atoms with Gasteiger partial charge in [0, 0.05) is 10.6 Å². The molecule has 2 rings (SSSR count). The number of carbonyl (C=O) groups excluding carboxylic acids is 1. The molecule has 2 aromatic carbocycles. The third-order valence-corrected chi connectivity index (χ3v) is 3.47. The van der Waals surface area contributed by atoms with Gasteiger partial charge < -0.3 is 5.11 Å². The molecule has 0 saturated heterocycles. The van der Waals surface area contributed by atoms with Crippen LogP contribution in [0.25, 0.3) is 0 Å². The number of phenols is 1. The Morgan fingerprint density at radius 3 is 2.53 bits per heavy atom. The van der Waals surface area contributed by atoms with Gasteiger partial charge in [0.1, 0.15) is 5.75 Å². The lowest BCUT2D eigenvalue weighted by atomic mass is 9.99. The highest BCUT2D eigenvalue weighted by atomic mass is 35.5. The Hall–Kier alpha value is -1.51. The minimum absolute atomic E-state index is 0.0148. The third-order valence-electron chi connectivity index (χ3n) is 2.92. The molecule has 1 N–H and O–H groups in total. The summed E-state index contributed by atoms with van der Waals surface area (Å²) in [6.45, 7) is 1.92. The molecular formula is C15H12Cl2O2. The van der Waals surface area contributed by atoms with E-state index in [-0.39, 0.29) is 22.1 Å². The number of ketones is 1. The van der Waals surface area contributed by atoms with E-state index in [4.69, 9.17) is 23.2 Å². The van der Waals surface area contributed by atoms with Gasteiger partial charge in [-0.3, -0.25) is 4.79 Å². The van der Waals surface area contributed by atoms with Gasteiger partial charge in [0.25, 0.3) is 0 Å². The van der Waals surface area contributed by atoms with Crippen LogP contribution in [-0.2, 0) is 6.42 Å². The number of rotatable bonds is 3. The van der Waals surface area contributed by atoms with Crippen molar-refractivity contribution in [1.82, 2.24) is 0 Å². The van der Waals surface area contributed by atoms with Gasteiger partial charge in [0.15, 0.2) is 5.78 Å². The molecule has 0 atom stereocenters. The first-order chi connectivity index (χ1) is 9.04. The Morgan fingerprint density at radius 1 is 1.16 bits per heavy atom. The molecule has 0 aromatic heterocycles. The number of hydrogen-bond acceptors (Lipinski definition) is 2. The van der Waals surface area contributed by atoms with E-state index in [2.05, 4.69) is 0 Å². The number of aryl methyl sites for hydroxylation is 1. The van der Waals surface area contributed by atoms with Gasteiger partial charge in [0.2, 0.25) is 0 Å². The molecule has 0 saturated carbocycles. The van der Waals surface area contributed by atoms with Crippen LogP contribution in [-0.4, -0.2) is 10.9 Å². The molecule has 0 heterocycles. The molecule has 0 unspecified atom stereocenters. The predicted octanol–water partition coefficient (Wildman–Crippen LogP) is 4.49. The normalized spacial score (nSPS) is 10.5. The smallest absolute Gasteiger partial charge is 0.198 e. The molecule has 19 heavy (non-hydrogen) atoms. The summed E-state index contributed by atoms with van der Waals surface area (Å²) >= 11 is 11.8. The number of carbonyl (C=O) groups is 1. The molecule has 98 valence electrons. The lowest BCUT2D eigenvalue weighted by Crippen LogP contribution is -2.03. The van der Waals surface area contributed by atoms with Crippen molar-refractivity contribution in [3.63, 3.8) is 0 Å². The van der Waals surface area contributed by atoms with Crippen molar-refractivity contribution < 1.29 is 9.90 Å². The summed E-state index contributed by atoms with van der Waals surface area (Å²) in [5, 5.41) is 10.8. The summed E-state index contributed by atoms with van der Waals surface area (Å²) in [6.07, 6.45) is 0.654. The molecule has 4 heteroatoms. The van der Waals surface area contributed by atoms with Crippen molar-refractivity contribution in [2.45, 2.75) is 13.3 Å². The predicted molar refractivity (Wildman–Crippen MR) is 77.4 cm³/mol. The minimum Gasteiger partial charge on any atom is -0.507 e. The highest BCUT2D eigenvalue weighted by Gasteiger charge is 2.17. The van der Waals surface area contributed by atoms with Gasteiger partial charge in [-0.2, -0.15) is 0 Å². The number of hydrogen-bond donors (Lipinski definition) is 1. The third kappa shape index (κ3) is 2.75. The summed E-state index contributed by atoms with van der Waals surface area (Å²) in [6, 6.07) is 9.79. The molecule has 0 aliphatic carbocycles. The molecule has 0 bridgehead atoms. The van der Waals surface area contributed by atoms with Crippen LogP contribution in [0.4, 0.5) is 0 Å². The van der Waals surface area contributed by atoms with E-state index < -0.39 is 0 Å². The van der Waals surface area contributed by atoms with Crippen LogP contribution in [0, 0.1) is 0 Å². The topological polar surface area (TPSA) is 37.3 Å². The molecular weight excluding hydrogens is 283 g/mol. The van der Waals surface area contributed by atoms with Crippen molar-refractivity contribution in [3.05, 3.63) is 63.1 Å². The number of para-hydroxylation sites is 1. The van der Waals surface area contributed by atoms with Crippen molar-refractivity contribution in [2.75, 3.05) is 0 Å². The zero-order chi connectivity index (χ0) is 14.0. The molecule has 2 aromatic rings. The highest BCUT2D eigenvalue weighted by Crippen LogP contribution is 2.29. The molecule has 0 radical (unpaired) electrons. The zero-order valence-corrected chi connectivity index (χ0v) is 11.8. The Morgan fingerprint density at radius 2 is 1.89 bits per heavy atom. The summed E-state index contributed by atoms with van der Waals surface area (Å²) in [4.78, 5) is 12.4. The van der Waals surface area contributed by atoms with Crippen molar-refractivity contribution in [2.24, 2.45) is 0 Å². The number of phenolic OH excluding ortho intramolecular Hbond substituents is 1. The van der Waals surface area contributed by atoms with Crippen LogP contribution in [0.1, 0.15) is 28.4 Å². The molecule has 0 spiro atoms. The van der Waals surface area contributed by atoms with E-state index in [0.717, 1.165) is 5.56 Å². The summed E-state index contributed by atoms with van der Waals surface area (Å²) in [7, 11) is 0. The fourth-order valence-corrected chi connectivity index (χ4v) is 2.37. The van der Waals surface area contributed by atoms with Crippen molar-refractivity contribution >= 4 is 29.0 Å². The van der Waals surface area contributed by atoms with Gasteiger partial charge in [-0.1, -0.05) is 42.3 Å². The van der Waals surface area contributed by atoms with Crippen LogP contribution in [0.3, 0.4) is 0 Å². The summed E-state index contributed by atoms with van der Waals surface area (Å²) < 4.78 is 0. The average molecular weight is 295 g/mol. The lowest BCUT2D eigenvalue weighted by Gasteiger charge is -2.09. The number of benzene rings is 2. The second kappa shape index (κ2) is 5.64. The fourth-order valence-electron chi connectivity index (χ4n) is 1.88. The maximum absolute atomic E-state index is 12.4. The second-order valence-electron chi connectivity index (χ2n) is 4.12. The van der Waals surface area contributed by atoms with Crippen LogP contribution in [0.2, 0.25) is 10.0 Å². The van der Waals surface area contributed by atoms with Crippen LogP contribution in [0.15, 0.2) is 36.4 Å². The zero-order valence-electron chi connectivity index (χ0n) is 10.3. The molecule has 0 amide bonds. The monoisotopic (exact) mass is 294 g/mol. The van der Waals surface area contributed by atoms with Gasteiger partial charge >= 0.3 is 0 Å². The SMILES string of the molecule is CCc1cccc(C(=O)c2ccc(Cl)cc2Cl)c1O. The molecule has 0 aliphatic rings. The Balaban J connectivity index is 2.50. The second-order valence-corrected chi connectivity index (χ2v) is 4.96. The van der Waals surface area contributed by atoms with Gasteiger partial charge in [0.05, 0.1) is 10.6 Å². The van der Waals surface area contributed by atoms with E-state index >= 15 is 0 Å². The summed E-state index contributed by atoms with van der Waals surface area (Å²) in [5.41, 5.74) is 1.31. The maximum Gasteiger partial charge on any atom is 0.198 e. The number of aromatic hydroxyl groups is 1. The molecule has 0 fully saturated rings. The Bertz CT molecular complexity index is 636. The van der Waals surface area contributed by atoms with Gasteiger partial charge in [-0.15, -0.1) is 0 Å². The van der Waals surface area contributed by atoms with Crippen molar-refractivity contribution in [3.8, 4) is 5.75 Å². The first kappa shape index (κ1) is 13.9. The first-order valence-corrected chi connectivity index (χ1v) is 6.60. The van der Waals surface area contributed by atoms with E-state index in [9.17, 15) is 9.90 Å². The van der Waals surface area contributed by atoms with E-state index in [1.807, 2.05) is 6.92 Å². The van der Waals surface area contributed by atoms with Crippen LogP contribution >= 0.6 is 23.2 Å². The molecule has 2 nitrogen and oxygen atoms in total. The lowest BCUT2D eigenvalue weighted by molar-refractivity contribution is 0.103. The minimum atomic E-state index is -0.311. The standard InChI is InChI=1S/C15H12Cl2O2/c1-2-9-4-3-5-12(14(9)18)15(19)11-7-6-10(16)8-13(11)17/h3-8,18H,2H2,1H3. The largest absolute Gasteiger partial charge is 0.507 e. The van der Waals surface area contributed by atoms with Crippen LogP contribution < -0.4 is 0 Å². The van der Waals surface area contributed by atoms with E-state index in [1.165, 1.54) is 6.07 Å². The molecule has 0 aliphatic heterocycles. The first-order valence-electron chi connectivity index (χ1n) is 5.85. The average Bonchev–Trinajstić information content (AvgIpc) is 2.38.